The van der Waals surface area contributed by atoms with Crippen LogP contribution in [-0.4, -0.2) is 23.3 Å². The monoisotopic (exact) mass is 410 g/mol. The SMILES string of the molecule is COc1c(C23CC4CC(CC(C4)C2)C3)cc(C(=O)O)c(C)c1-c1cc(=O)c(O)co1. The quantitative estimate of drug-likeness (QED) is 0.771. The Labute approximate surface area is 174 Å². The van der Waals surface area contributed by atoms with Crippen LogP contribution in [0.25, 0.3) is 11.3 Å². The number of carbonyl (C=O) groups is 1. The molecule has 0 saturated heterocycles. The van der Waals surface area contributed by atoms with Crippen molar-refractivity contribution in [3.63, 3.8) is 0 Å². The highest BCUT2D eigenvalue weighted by atomic mass is 16.5. The van der Waals surface area contributed by atoms with E-state index in [2.05, 4.69) is 0 Å². The Kier molecular flexibility index (Phi) is 4.24. The minimum Gasteiger partial charge on any atom is -0.502 e. The third kappa shape index (κ3) is 2.76. The predicted molar refractivity (Wildman–Crippen MR) is 110 cm³/mol. The summed E-state index contributed by atoms with van der Waals surface area (Å²) in [6.07, 6.45) is 7.98. The lowest BCUT2D eigenvalue weighted by Crippen LogP contribution is -2.48. The van der Waals surface area contributed by atoms with Gasteiger partial charge in [0.1, 0.15) is 17.8 Å². The molecule has 1 heterocycles. The molecule has 6 nitrogen and oxygen atoms in total. The van der Waals surface area contributed by atoms with Crippen LogP contribution < -0.4 is 10.2 Å². The van der Waals surface area contributed by atoms with Gasteiger partial charge in [-0.2, -0.15) is 0 Å². The molecule has 4 bridgehead atoms. The molecular weight excluding hydrogens is 384 g/mol. The minimum absolute atomic E-state index is 0.0933. The zero-order chi connectivity index (χ0) is 21.2. The van der Waals surface area contributed by atoms with Crippen LogP contribution in [0.3, 0.4) is 0 Å². The number of methoxy groups -OCH3 is 1. The Morgan fingerprint density at radius 3 is 2.23 bits per heavy atom. The van der Waals surface area contributed by atoms with Gasteiger partial charge in [0.25, 0.3) is 0 Å². The molecule has 1 aromatic heterocycles. The number of benzene rings is 1. The summed E-state index contributed by atoms with van der Waals surface area (Å²) in [5.74, 6) is 1.37. The second-order valence-electron chi connectivity index (χ2n) is 9.50. The van der Waals surface area contributed by atoms with Gasteiger partial charge in [-0.1, -0.05) is 0 Å². The van der Waals surface area contributed by atoms with E-state index in [9.17, 15) is 19.8 Å². The topological polar surface area (TPSA) is 97.0 Å². The highest BCUT2D eigenvalue weighted by Gasteiger charge is 2.53. The first-order chi connectivity index (χ1) is 14.3. The van der Waals surface area contributed by atoms with E-state index >= 15 is 0 Å². The highest BCUT2D eigenvalue weighted by Crippen LogP contribution is 2.62. The molecule has 4 aliphatic carbocycles. The maximum atomic E-state index is 12.1. The minimum atomic E-state index is -1.01. The summed E-state index contributed by atoms with van der Waals surface area (Å²) in [5, 5.41) is 19.5. The standard InChI is InChI=1S/C24H26O6/c1-12-16(23(27)28)6-17(24-8-13-3-14(9-24)5-15(4-13)10-24)22(29-2)21(12)20-7-18(25)19(26)11-30-20/h6-7,11,13-15,26H,3-5,8-10H2,1-2H3,(H,27,28). The van der Waals surface area contributed by atoms with Crippen LogP contribution in [0.15, 0.2) is 27.6 Å². The summed E-state index contributed by atoms with van der Waals surface area (Å²) in [7, 11) is 1.58. The van der Waals surface area contributed by atoms with Gasteiger partial charge in [-0.15, -0.1) is 0 Å². The molecule has 0 spiro atoms. The average molecular weight is 410 g/mol. The highest BCUT2D eigenvalue weighted by molar-refractivity contribution is 5.94. The molecule has 0 radical (unpaired) electrons. The molecule has 6 rings (SSSR count). The van der Waals surface area contributed by atoms with Crippen molar-refractivity contribution < 1.29 is 24.2 Å². The third-order valence-electron chi connectivity index (χ3n) is 7.64. The number of carboxylic acid groups (broad SMARTS) is 1. The first kappa shape index (κ1) is 19.2. The van der Waals surface area contributed by atoms with Gasteiger partial charge in [0.05, 0.1) is 18.2 Å². The number of hydrogen-bond acceptors (Lipinski definition) is 5. The van der Waals surface area contributed by atoms with E-state index in [-0.39, 0.29) is 16.7 Å². The maximum absolute atomic E-state index is 12.1. The van der Waals surface area contributed by atoms with E-state index in [1.54, 1.807) is 20.1 Å². The molecule has 4 fully saturated rings. The average Bonchev–Trinajstić information content (AvgIpc) is 2.68. The molecule has 4 aliphatic rings. The van der Waals surface area contributed by atoms with E-state index in [1.807, 2.05) is 0 Å². The van der Waals surface area contributed by atoms with Crippen molar-refractivity contribution in [2.24, 2.45) is 17.8 Å². The fraction of sp³-hybridized carbons (Fsp3) is 0.500. The van der Waals surface area contributed by atoms with Crippen LogP contribution >= 0.6 is 0 Å². The fourth-order valence-corrected chi connectivity index (χ4v) is 6.86. The summed E-state index contributed by atoms with van der Waals surface area (Å²) in [5.41, 5.74) is 1.44. The zero-order valence-corrected chi connectivity index (χ0v) is 17.2. The zero-order valence-electron chi connectivity index (χ0n) is 17.2. The Morgan fingerprint density at radius 2 is 1.73 bits per heavy atom. The second-order valence-corrected chi connectivity index (χ2v) is 9.50. The van der Waals surface area contributed by atoms with E-state index in [0.29, 0.717) is 34.6 Å². The predicted octanol–water partition coefficient (Wildman–Crippen LogP) is 4.50. The third-order valence-corrected chi connectivity index (χ3v) is 7.64. The lowest BCUT2D eigenvalue weighted by Gasteiger charge is -2.57. The molecule has 2 aromatic rings. The first-order valence-corrected chi connectivity index (χ1v) is 10.6. The molecule has 1 aromatic carbocycles. The second kappa shape index (κ2) is 6.62. The van der Waals surface area contributed by atoms with E-state index in [4.69, 9.17) is 9.15 Å². The van der Waals surface area contributed by atoms with E-state index < -0.39 is 17.1 Å². The summed E-state index contributed by atoms with van der Waals surface area (Å²) < 4.78 is 11.4. The Bertz CT molecular complexity index is 1060. The molecule has 2 N–H and O–H groups in total. The van der Waals surface area contributed by atoms with Crippen LogP contribution in [0.4, 0.5) is 0 Å². The smallest absolute Gasteiger partial charge is 0.335 e. The van der Waals surface area contributed by atoms with Gasteiger partial charge in [0.15, 0.2) is 5.75 Å². The Hall–Kier alpha value is -2.76. The van der Waals surface area contributed by atoms with Crippen LogP contribution in [0.5, 0.6) is 11.5 Å². The molecule has 4 saturated carbocycles. The van der Waals surface area contributed by atoms with E-state index in [0.717, 1.165) is 31.1 Å². The molecule has 0 aliphatic heterocycles. The molecule has 30 heavy (non-hydrogen) atoms. The first-order valence-electron chi connectivity index (χ1n) is 10.6. The van der Waals surface area contributed by atoms with Gasteiger partial charge < -0.3 is 19.4 Å². The lowest BCUT2D eigenvalue weighted by molar-refractivity contribution is -0.00616. The molecule has 6 heteroatoms. The Balaban J connectivity index is 1.78. The van der Waals surface area contributed by atoms with Crippen LogP contribution in [-0.2, 0) is 5.41 Å². The van der Waals surface area contributed by atoms with Crippen molar-refractivity contribution in [2.45, 2.75) is 50.9 Å². The normalized spacial score (nSPS) is 29.2. The fourth-order valence-electron chi connectivity index (χ4n) is 6.86. The maximum Gasteiger partial charge on any atom is 0.335 e. The molecular formula is C24H26O6. The summed E-state index contributed by atoms with van der Waals surface area (Å²) in [4.78, 5) is 24.2. The van der Waals surface area contributed by atoms with Gasteiger partial charge in [0, 0.05) is 11.6 Å². The van der Waals surface area contributed by atoms with Crippen LogP contribution in [0.1, 0.15) is 60.0 Å². The number of aromatic hydroxyl groups is 1. The van der Waals surface area contributed by atoms with Crippen molar-refractivity contribution >= 4 is 5.97 Å². The van der Waals surface area contributed by atoms with Crippen LogP contribution in [0, 0.1) is 24.7 Å². The molecule has 0 unspecified atom stereocenters. The van der Waals surface area contributed by atoms with Gasteiger partial charge in [0.2, 0.25) is 5.43 Å². The number of rotatable bonds is 4. The molecule has 158 valence electrons. The Morgan fingerprint density at radius 1 is 1.13 bits per heavy atom. The van der Waals surface area contributed by atoms with Gasteiger partial charge in [-0.05, 0) is 80.2 Å². The number of aromatic carboxylic acids is 1. The van der Waals surface area contributed by atoms with Gasteiger partial charge >= 0.3 is 5.97 Å². The van der Waals surface area contributed by atoms with Crippen molar-refractivity contribution in [1.29, 1.82) is 0 Å². The summed E-state index contributed by atoms with van der Waals surface area (Å²) >= 11 is 0. The summed E-state index contributed by atoms with van der Waals surface area (Å²) in [6.45, 7) is 1.71. The number of hydrogen-bond donors (Lipinski definition) is 2. The number of ether oxygens (including phenoxy) is 1. The lowest BCUT2D eigenvalue weighted by atomic mass is 9.47. The van der Waals surface area contributed by atoms with Crippen molar-refractivity contribution in [3.8, 4) is 22.8 Å². The molecule has 0 atom stereocenters. The van der Waals surface area contributed by atoms with Crippen LogP contribution in [0.2, 0.25) is 0 Å². The van der Waals surface area contributed by atoms with Gasteiger partial charge in [-0.3, -0.25) is 4.79 Å². The molecule has 0 amide bonds. The van der Waals surface area contributed by atoms with Crippen molar-refractivity contribution in [1.82, 2.24) is 0 Å². The largest absolute Gasteiger partial charge is 0.502 e. The van der Waals surface area contributed by atoms with Crippen molar-refractivity contribution in [2.75, 3.05) is 7.11 Å². The van der Waals surface area contributed by atoms with E-state index in [1.165, 1.54) is 25.3 Å². The van der Waals surface area contributed by atoms with Crippen molar-refractivity contribution in [3.05, 3.63) is 45.3 Å². The summed E-state index contributed by atoms with van der Waals surface area (Å²) in [6, 6.07) is 3.00. The number of carboxylic acids is 1. The van der Waals surface area contributed by atoms with Gasteiger partial charge in [-0.25, -0.2) is 4.79 Å².